The summed E-state index contributed by atoms with van der Waals surface area (Å²) in [5, 5.41) is 2.72. The minimum Gasteiger partial charge on any atom is -0.293 e. The molecule has 0 radical (unpaired) electrons. The molecule has 1 aliphatic heterocycles. The average molecular weight is 273 g/mol. The number of carbonyl (C=O) groups excluding carboxylic acids is 1. The third kappa shape index (κ3) is 3.35. The minimum absolute atomic E-state index is 0.0151. The van der Waals surface area contributed by atoms with E-state index in [0.717, 1.165) is 24.3 Å². The molecule has 0 bridgehead atoms. The zero-order valence-corrected chi connectivity index (χ0v) is 11.3. The van der Waals surface area contributed by atoms with Crippen LogP contribution in [0.5, 0.6) is 0 Å². The van der Waals surface area contributed by atoms with Crippen molar-refractivity contribution in [2.45, 2.75) is 26.2 Å². The van der Waals surface area contributed by atoms with Crippen LogP contribution in [0.3, 0.4) is 0 Å². The molecule has 1 aromatic rings. The van der Waals surface area contributed by atoms with Crippen LogP contribution in [0.1, 0.15) is 35.3 Å². The Hall–Kier alpha value is -0.750. The summed E-state index contributed by atoms with van der Waals surface area (Å²) in [7, 11) is -2.79. The summed E-state index contributed by atoms with van der Waals surface area (Å²) < 4.78 is 22.6. The Morgan fingerprint density at radius 2 is 2.12 bits per heavy atom. The number of Topliss-reactive ketones (excluding diaryl/α,β-unsaturated/α-hetero) is 1. The van der Waals surface area contributed by atoms with Gasteiger partial charge in [0.1, 0.15) is 15.5 Å². The second kappa shape index (κ2) is 4.86. The molecule has 2 heterocycles. The van der Waals surface area contributed by atoms with Gasteiger partial charge in [-0.05, 0) is 18.8 Å². The number of thiazole rings is 1. The Bertz CT molecular complexity index is 505. The SMILES string of the molecule is CC(=O)c1csc(CC2CCS(=O)(=O)CC2)n1. The van der Waals surface area contributed by atoms with Gasteiger partial charge in [-0.2, -0.15) is 0 Å². The summed E-state index contributed by atoms with van der Waals surface area (Å²) in [5.74, 6) is 0.966. The van der Waals surface area contributed by atoms with E-state index in [2.05, 4.69) is 4.98 Å². The monoisotopic (exact) mass is 273 g/mol. The maximum absolute atomic E-state index is 11.3. The van der Waals surface area contributed by atoms with Crippen molar-refractivity contribution in [2.75, 3.05) is 11.5 Å². The average Bonchev–Trinajstić information content (AvgIpc) is 2.70. The molecule has 1 aliphatic rings. The Kier molecular flexibility index (Phi) is 3.63. The fraction of sp³-hybridized carbons (Fsp3) is 0.636. The van der Waals surface area contributed by atoms with Crippen LogP contribution in [0, 0.1) is 5.92 Å². The third-order valence-electron chi connectivity index (χ3n) is 3.05. The molecule has 0 spiro atoms. The Morgan fingerprint density at radius 3 is 2.65 bits per heavy atom. The predicted octanol–water partition coefficient (Wildman–Crippen LogP) is 1.71. The van der Waals surface area contributed by atoms with Crippen molar-refractivity contribution in [3.63, 3.8) is 0 Å². The predicted molar refractivity (Wildman–Crippen MR) is 67.2 cm³/mol. The first-order chi connectivity index (χ1) is 7.96. The van der Waals surface area contributed by atoms with Gasteiger partial charge in [-0.25, -0.2) is 13.4 Å². The number of rotatable bonds is 3. The van der Waals surface area contributed by atoms with Crippen molar-refractivity contribution >= 4 is 27.0 Å². The van der Waals surface area contributed by atoms with E-state index >= 15 is 0 Å². The topological polar surface area (TPSA) is 64.1 Å². The quantitative estimate of drug-likeness (QED) is 0.786. The zero-order valence-electron chi connectivity index (χ0n) is 9.68. The lowest BCUT2D eigenvalue weighted by Crippen LogP contribution is -2.24. The number of ketones is 1. The normalized spacial score (nSPS) is 20.3. The first-order valence-corrected chi connectivity index (χ1v) is 8.32. The lowest BCUT2D eigenvalue weighted by Gasteiger charge is -2.20. The van der Waals surface area contributed by atoms with Crippen molar-refractivity contribution in [3.8, 4) is 0 Å². The first-order valence-electron chi connectivity index (χ1n) is 5.62. The number of sulfone groups is 1. The number of hydrogen-bond acceptors (Lipinski definition) is 5. The van der Waals surface area contributed by atoms with Crippen molar-refractivity contribution in [2.24, 2.45) is 5.92 Å². The van der Waals surface area contributed by atoms with E-state index < -0.39 is 9.84 Å². The fourth-order valence-electron chi connectivity index (χ4n) is 1.96. The molecule has 0 N–H and O–H groups in total. The van der Waals surface area contributed by atoms with Gasteiger partial charge in [-0.1, -0.05) is 0 Å². The van der Waals surface area contributed by atoms with E-state index in [1.54, 1.807) is 5.38 Å². The molecular formula is C11H15NO3S2. The Balaban J connectivity index is 1.95. The molecular weight excluding hydrogens is 258 g/mol. The standard InChI is InChI=1S/C11H15NO3S2/c1-8(13)10-7-16-11(12-10)6-9-2-4-17(14,15)5-3-9/h7,9H,2-6H2,1H3. The first kappa shape index (κ1) is 12.7. The van der Waals surface area contributed by atoms with E-state index in [1.807, 2.05) is 0 Å². The maximum Gasteiger partial charge on any atom is 0.178 e. The largest absolute Gasteiger partial charge is 0.293 e. The molecule has 0 saturated carbocycles. The summed E-state index contributed by atoms with van der Waals surface area (Å²) in [6, 6.07) is 0. The maximum atomic E-state index is 11.3. The zero-order chi connectivity index (χ0) is 12.5. The molecule has 94 valence electrons. The summed E-state index contributed by atoms with van der Waals surface area (Å²) in [6.45, 7) is 1.51. The lowest BCUT2D eigenvalue weighted by molar-refractivity contribution is 0.101. The van der Waals surface area contributed by atoms with Gasteiger partial charge < -0.3 is 0 Å². The molecule has 0 aromatic carbocycles. The molecule has 0 unspecified atom stereocenters. The molecule has 0 amide bonds. The van der Waals surface area contributed by atoms with Crippen LogP contribution in [-0.2, 0) is 16.3 Å². The van der Waals surface area contributed by atoms with E-state index in [-0.39, 0.29) is 5.78 Å². The molecule has 0 atom stereocenters. The smallest absolute Gasteiger partial charge is 0.178 e. The third-order valence-corrected chi connectivity index (χ3v) is 5.64. The van der Waals surface area contributed by atoms with E-state index in [1.165, 1.54) is 18.3 Å². The second-order valence-electron chi connectivity index (χ2n) is 4.48. The molecule has 6 heteroatoms. The van der Waals surface area contributed by atoms with E-state index in [0.29, 0.717) is 23.1 Å². The molecule has 1 aromatic heterocycles. The van der Waals surface area contributed by atoms with Crippen molar-refractivity contribution in [3.05, 3.63) is 16.1 Å². The molecule has 2 rings (SSSR count). The minimum atomic E-state index is -2.79. The highest BCUT2D eigenvalue weighted by atomic mass is 32.2. The fourth-order valence-corrected chi connectivity index (χ4v) is 4.49. The summed E-state index contributed by atoms with van der Waals surface area (Å²) in [5.41, 5.74) is 0.522. The van der Waals surface area contributed by atoms with Gasteiger partial charge in [0.2, 0.25) is 0 Å². The van der Waals surface area contributed by atoms with Gasteiger partial charge in [-0.3, -0.25) is 4.79 Å². The lowest BCUT2D eigenvalue weighted by atomic mass is 9.99. The number of aromatic nitrogens is 1. The Labute approximate surface area is 105 Å². The van der Waals surface area contributed by atoms with Gasteiger partial charge in [0.05, 0.1) is 16.5 Å². The van der Waals surface area contributed by atoms with E-state index in [9.17, 15) is 13.2 Å². The summed E-state index contributed by atoms with van der Waals surface area (Å²) in [4.78, 5) is 15.4. The number of hydrogen-bond donors (Lipinski definition) is 0. The summed E-state index contributed by atoms with van der Waals surface area (Å²) in [6.07, 6.45) is 2.24. The van der Waals surface area contributed by atoms with Crippen molar-refractivity contribution in [1.82, 2.24) is 4.98 Å². The number of carbonyl (C=O) groups is 1. The van der Waals surface area contributed by atoms with Gasteiger partial charge in [0.25, 0.3) is 0 Å². The van der Waals surface area contributed by atoms with Crippen LogP contribution in [-0.4, -0.2) is 30.7 Å². The van der Waals surface area contributed by atoms with Crippen LogP contribution in [0.4, 0.5) is 0 Å². The van der Waals surface area contributed by atoms with Gasteiger partial charge >= 0.3 is 0 Å². The molecule has 0 aliphatic carbocycles. The van der Waals surface area contributed by atoms with Crippen LogP contribution < -0.4 is 0 Å². The van der Waals surface area contributed by atoms with Gasteiger partial charge in [0.15, 0.2) is 5.78 Å². The van der Waals surface area contributed by atoms with Crippen LogP contribution in [0.15, 0.2) is 5.38 Å². The highest BCUT2D eigenvalue weighted by Crippen LogP contribution is 2.24. The van der Waals surface area contributed by atoms with Crippen LogP contribution in [0.25, 0.3) is 0 Å². The van der Waals surface area contributed by atoms with Crippen molar-refractivity contribution < 1.29 is 13.2 Å². The molecule has 17 heavy (non-hydrogen) atoms. The summed E-state index contributed by atoms with van der Waals surface area (Å²) >= 11 is 1.49. The highest BCUT2D eigenvalue weighted by molar-refractivity contribution is 7.91. The van der Waals surface area contributed by atoms with Crippen molar-refractivity contribution in [1.29, 1.82) is 0 Å². The molecule has 1 fully saturated rings. The second-order valence-corrected chi connectivity index (χ2v) is 7.73. The molecule has 1 saturated heterocycles. The molecule has 4 nitrogen and oxygen atoms in total. The van der Waals surface area contributed by atoms with Crippen LogP contribution >= 0.6 is 11.3 Å². The van der Waals surface area contributed by atoms with E-state index in [4.69, 9.17) is 0 Å². The Morgan fingerprint density at radius 1 is 1.47 bits per heavy atom. The number of nitrogens with zero attached hydrogens (tertiary/aromatic N) is 1. The highest BCUT2D eigenvalue weighted by Gasteiger charge is 2.24. The van der Waals surface area contributed by atoms with Crippen LogP contribution in [0.2, 0.25) is 0 Å². The van der Waals surface area contributed by atoms with Gasteiger partial charge in [-0.15, -0.1) is 11.3 Å². The van der Waals surface area contributed by atoms with Gasteiger partial charge in [0, 0.05) is 18.7 Å².